The van der Waals surface area contributed by atoms with Crippen molar-refractivity contribution in [2.24, 2.45) is 0 Å². The van der Waals surface area contributed by atoms with Gasteiger partial charge in [-0.1, -0.05) is 36.4 Å². The Kier molecular flexibility index (Phi) is 4.49. The predicted octanol–water partition coefficient (Wildman–Crippen LogP) is 5.02. The molecule has 0 N–H and O–H groups in total. The number of ether oxygens (including phenoxy) is 1. The second kappa shape index (κ2) is 6.15. The molecule has 0 fully saturated rings. The number of carbonyl (C=O) groups is 1. The summed E-state index contributed by atoms with van der Waals surface area (Å²) in [7, 11) is 0. The summed E-state index contributed by atoms with van der Waals surface area (Å²) in [5, 5.41) is 0.602. The largest absolute Gasteiger partial charge is 0.480 e. The van der Waals surface area contributed by atoms with E-state index >= 15 is 0 Å². The topological polar surface area (TPSA) is 26.3 Å². The summed E-state index contributed by atoms with van der Waals surface area (Å²) >= 11 is 5.84. The van der Waals surface area contributed by atoms with Crippen LogP contribution in [0.25, 0.3) is 6.08 Å². The lowest BCUT2D eigenvalue weighted by Gasteiger charge is -2.25. The van der Waals surface area contributed by atoms with Crippen molar-refractivity contribution in [3.63, 3.8) is 0 Å². The van der Waals surface area contributed by atoms with E-state index in [0.717, 1.165) is 5.56 Å². The van der Waals surface area contributed by atoms with E-state index in [1.807, 2.05) is 24.3 Å². The highest BCUT2D eigenvalue weighted by Gasteiger charge is 2.30. The Hall–Kier alpha value is -2.06. The molecule has 3 heteroatoms. The van der Waals surface area contributed by atoms with Crippen LogP contribution in [-0.4, -0.2) is 11.4 Å². The van der Waals surface area contributed by atoms with Crippen molar-refractivity contribution >= 4 is 23.5 Å². The third-order valence-corrected chi connectivity index (χ3v) is 3.39. The van der Waals surface area contributed by atoms with Crippen LogP contribution in [0.2, 0.25) is 5.02 Å². The lowest BCUT2D eigenvalue weighted by molar-refractivity contribution is 0.0584. The van der Waals surface area contributed by atoms with Crippen LogP contribution in [0.1, 0.15) is 29.8 Å². The van der Waals surface area contributed by atoms with Crippen molar-refractivity contribution < 1.29 is 9.53 Å². The molecular formula is C18H17ClO2. The Bertz CT molecular complexity index is 640. The first kappa shape index (κ1) is 15.3. The van der Waals surface area contributed by atoms with E-state index in [4.69, 9.17) is 16.3 Å². The third kappa shape index (κ3) is 3.73. The van der Waals surface area contributed by atoms with Gasteiger partial charge in [0.1, 0.15) is 5.75 Å². The van der Waals surface area contributed by atoms with Crippen molar-refractivity contribution in [2.45, 2.75) is 19.4 Å². The Morgan fingerprint density at radius 2 is 1.67 bits per heavy atom. The van der Waals surface area contributed by atoms with Gasteiger partial charge in [-0.15, -0.1) is 0 Å². The monoisotopic (exact) mass is 300 g/mol. The maximum atomic E-state index is 12.5. The van der Waals surface area contributed by atoms with Gasteiger partial charge in [0.05, 0.1) is 0 Å². The summed E-state index contributed by atoms with van der Waals surface area (Å²) in [6.07, 6.45) is 1.76. The molecule has 2 aromatic rings. The number of carbonyl (C=O) groups excluding carboxylic acids is 1. The molecule has 0 radical (unpaired) electrons. The van der Waals surface area contributed by atoms with Crippen molar-refractivity contribution in [1.82, 2.24) is 0 Å². The van der Waals surface area contributed by atoms with Crippen LogP contribution in [0.4, 0.5) is 0 Å². The van der Waals surface area contributed by atoms with Gasteiger partial charge in [-0.3, -0.25) is 4.79 Å². The summed E-state index contributed by atoms with van der Waals surface area (Å²) in [4.78, 5) is 12.5. The van der Waals surface area contributed by atoms with Crippen molar-refractivity contribution in [2.75, 3.05) is 0 Å². The molecule has 2 nitrogen and oxygen atoms in total. The van der Waals surface area contributed by atoms with Crippen LogP contribution in [0.5, 0.6) is 5.75 Å². The molecule has 0 aliphatic heterocycles. The van der Waals surface area contributed by atoms with E-state index in [9.17, 15) is 4.79 Å². The number of Topliss-reactive ketones (excluding diaryl/α,β-unsaturated/α-hetero) is 1. The lowest BCUT2D eigenvalue weighted by Crippen LogP contribution is -2.38. The Labute approximate surface area is 130 Å². The van der Waals surface area contributed by atoms with Gasteiger partial charge >= 0.3 is 0 Å². The van der Waals surface area contributed by atoms with Crippen LogP contribution in [0.3, 0.4) is 0 Å². The van der Waals surface area contributed by atoms with Gasteiger partial charge in [-0.2, -0.15) is 0 Å². The van der Waals surface area contributed by atoms with E-state index in [0.29, 0.717) is 16.3 Å². The maximum absolute atomic E-state index is 12.5. The summed E-state index contributed by atoms with van der Waals surface area (Å²) < 4.78 is 5.83. The Morgan fingerprint density at radius 3 is 2.19 bits per heavy atom. The molecule has 0 saturated heterocycles. The molecule has 0 saturated carbocycles. The van der Waals surface area contributed by atoms with Crippen LogP contribution < -0.4 is 4.74 Å². The Morgan fingerprint density at radius 1 is 1.10 bits per heavy atom. The molecule has 0 atom stereocenters. The summed E-state index contributed by atoms with van der Waals surface area (Å²) in [5.74, 6) is 0.555. The van der Waals surface area contributed by atoms with Crippen molar-refractivity contribution in [1.29, 1.82) is 0 Å². The molecule has 2 rings (SSSR count). The summed E-state index contributed by atoms with van der Waals surface area (Å²) in [6.45, 7) is 7.22. The fourth-order valence-electron chi connectivity index (χ4n) is 1.96. The normalized spacial score (nSPS) is 11.0. The predicted molar refractivity (Wildman–Crippen MR) is 87.0 cm³/mol. The molecular weight excluding hydrogens is 284 g/mol. The van der Waals surface area contributed by atoms with Gasteiger partial charge in [0, 0.05) is 10.6 Å². The SMILES string of the molecule is C=Cc1ccc(OC(C)(C)C(=O)c2ccc(Cl)cc2)cc1. The molecule has 21 heavy (non-hydrogen) atoms. The molecule has 0 unspecified atom stereocenters. The van der Waals surface area contributed by atoms with Gasteiger partial charge in [0.25, 0.3) is 0 Å². The summed E-state index contributed by atoms with van der Waals surface area (Å²) in [5.41, 5.74) is 0.625. The highest BCUT2D eigenvalue weighted by molar-refractivity contribution is 6.30. The zero-order chi connectivity index (χ0) is 15.5. The van der Waals surface area contributed by atoms with Crippen molar-refractivity contribution in [3.8, 4) is 5.75 Å². The first-order valence-corrected chi connectivity index (χ1v) is 7.02. The minimum atomic E-state index is -0.955. The quantitative estimate of drug-likeness (QED) is 0.724. The standard InChI is InChI=1S/C18H17ClO2/c1-4-13-5-11-16(12-6-13)21-18(2,3)17(20)14-7-9-15(19)10-8-14/h4-12H,1H2,2-3H3. The first-order valence-electron chi connectivity index (χ1n) is 6.64. The number of hydrogen-bond acceptors (Lipinski definition) is 2. The average Bonchev–Trinajstić information content (AvgIpc) is 2.48. The second-order valence-electron chi connectivity index (χ2n) is 5.22. The van der Waals surface area contributed by atoms with E-state index in [2.05, 4.69) is 6.58 Å². The van der Waals surface area contributed by atoms with Gasteiger partial charge in [-0.25, -0.2) is 0 Å². The Balaban J connectivity index is 2.18. The molecule has 0 heterocycles. The number of hydrogen-bond donors (Lipinski definition) is 0. The van der Waals surface area contributed by atoms with E-state index < -0.39 is 5.60 Å². The fourth-order valence-corrected chi connectivity index (χ4v) is 2.09. The van der Waals surface area contributed by atoms with E-state index in [-0.39, 0.29) is 5.78 Å². The summed E-state index contributed by atoms with van der Waals surface area (Å²) in [6, 6.07) is 14.2. The number of ketones is 1. The molecule has 0 aliphatic carbocycles. The van der Waals surface area contributed by atoms with Crippen molar-refractivity contribution in [3.05, 3.63) is 71.3 Å². The van der Waals surface area contributed by atoms with Gasteiger partial charge in [0.15, 0.2) is 5.60 Å². The molecule has 0 spiro atoms. The number of benzene rings is 2. The molecule has 0 aliphatic rings. The van der Waals surface area contributed by atoms with Crippen LogP contribution >= 0.6 is 11.6 Å². The number of rotatable bonds is 5. The zero-order valence-corrected chi connectivity index (χ0v) is 12.9. The minimum absolute atomic E-state index is 0.0908. The van der Waals surface area contributed by atoms with Gasteiger partial charge in [-0.05, 0) is 55.8 Å². The molecule has 0 aromatic heterocycles. The number of halogens is 1. The molecule has 108 valence electrons. The molecule has 0 amide bonds. The zero-order valence-electron chi connectivity index (χ0n) is 12.1. The van der Waals surface area contributed by atoms with E-state index in [1.54, 1.807) is 44.2 Å². The maximum Gasteiger partial charge on any atom is 0.205 e. The smallest absolute Gasteiger partial charge is 0.205 e. The van der Waals surface area contributed by atoms with E-state index in [1.165, 1.54) is 0 Å². The molecule has 0 bridgehead atoms. The van der Waals surface area contributed by atoms with Crippen LogP contribution in [0.15, 0.2) is 55.1 Å². The average molecular weight is 301 g/mol. The van der Waals surface area contributed by atoms with Gasteiger partial charge < -0.3 is 4.74 Å². The fraction of sp³-hybridized carbons (Fsp3) is 0.167. The minimum Gasteiger partial charge on any atom is -0.480 e. The highest BCUT2D eigenvalue weighted by Crippen LogP contribution is 2.23. The van der Waals surface area contributed by atoms with Crippen LogP contribution in [0, 0.1) is 0 Å². The second-order valence-corrected chi connectivity index (χ2v) is 5.66. The van der Waals surface area contributed by atoms with Crippen LogP contribution in [-0.2, 0) is 0 Å². The first-order chi connectivity index (χ1) is 9.92. The lowest BCUT2D eigenvalue weighted by atomic mass is 9.96. The molecule has 2 aromatic carbocycles. The third-order valence-electron chi connectivity index (χ3n) is 3.14. The highest BCUT2D eigenvalue weighted by atomic mass is 35.5. The van der Waals surface area contributed by atoms with Gasteiger partial charge in [0.2, 0.25) is 5.78 Å².